The van der Waals surface area contributed by atoms with Gasteiger partial charge in [0.2, 0.25) is 0 Å². The molecule has 0 saturated carbocycles. The van der Waals surface area contributed by atoms with Crippen LogP contribution in [-0.4, -0.2) is 16.9 Å². The molecule has 1 saturated heterocycles. The molecule has 0 bridgehead atoms. The number of allylic oxidation sites excluding steroid dienone is 1. The summed E-state index contributed by atoms with van der Waals surface area (Å²) in [5, 5.41) is 2.04. The van der Waals surface area contributed by atoms with Crippen molar-refractivity contribution in [2.45, 2.75) is 11.3 Å². The number of benzene rings is 1. The van der Waals surface area contributed by atoms with Crippen LogP contribution in [0.5, 0.6) is 0 Å². The summed E-state index contributed by atoms with van der Waals surface area (Å²) < 4.78 is 1.03. The summed E-state index contributed by atoms with van der Waals surface area (Å²) in [7, 11) is 0. The second-order valence-electron chi connectivity index (χ2n) is 3.89. The van der Waals surface area contributed by atoms with Gasteiger partial charge in [-0.25, -0.2) is 0 Å². The van der Waals surface area contributed by atoms with Crippen LogP contribution in [-0.2, 0) is 4.79 Å². The normalized spacial score (nSPS) is 22.9. The average Bonchev–Trinajstić information content (AvgIpc) is 2.67. The van der Waals surface area contributed by atoms with E-state index < -0.39 is 0 Å². The van der Waals surface area contributed by atoms with Gasteiger partial charge in [-0.3, -0.25) is 14.9 Å². The predicted octanol–water partition coefficient (Wildman–Crippen LogP) is 3.64. The number of thioether (sulfide) groups is 2. The number of hydrogen-bond acceptors (Lipinski definition) is 4. The zero-order valence-electron chi connectivity index (χ0n) is 9.16. The summed E-state index contributed by atoms with van der Waals surface area (Å²) in [6, 6.07) is 6.02. The summed E-state index contributed by atoms with van der Waals surface area (Å²) in [5.41, 5.74) is 2.06. The van der Waals surface area contributed by atoms with E-state index in [1.165, 1.54) is 0 Å². The van der Waals surface area contributed by atoms with E-state index in [0.29, 0.717) is 4.91 Å². The molecule has 6 heteroatoms. The summed E-state index contributed by atoms with van der Waals surface area (Å²) in [5.74, 6) is 0.672. The molecular weight excluding hydrogens is 334 g/mol. The lowest BCUT2D eigenvalue weighted by Gasteiger charge is -2.19. The Kier molecular flexibility index (Phi) is 3.25. The van der Waals surface area contributed by atoms with Crippen molar-refractivity contribution in [3.8, 4) is 0 Å². The van der Waals surface area contributed by atoms with Crippen molar-refractivity contribution in [3.63, 3.8) is 0 Å². The molecule has 92 valence electrons. The lowest BCUT2D eigenvalue weighted by Crippen LogP contribution is -2.18. The molecule has 2 amide bonds. The number of amides is 2. The van der Waals surface area contributed by atoms with Gasteiger partial charge in [0.1, 0.15) is 0 Å². The second-order valence-corrected chi connectivity index (χ2v) is 6.93. The van der Waals surface area contributed by atoms with Crippen LogP contribution in [0.4, 0.5) is 4.79 Å². The largest absolute Gasteiger partial charge is 0.290 e. The van der Waals surface area contributed by atoms with Gasteiger partial charge in [-0.15, -0.1) is 11.8 Å². The Morgan fingerprint density at radius 2 is 2.11 bits per heavy atom. The summed E-state index contributed by atoms with van der Waals surface area (Å²) >= 11 is 6.23. The molecule has 3 rings (SSSR count). The maximum absolute atomic E-state index is 11.7. The highest BCUT2D eigenvalue weighted by Gasteiger charge is 2.30. The Morgan fingerprint density at radius 3 is 2.83 bits per heavy atom. The first-order valence-corrected chi connectivity index (χ1v) is 7.93. The first-order valence-electron chi connectivity index (χ1n) is 5.34. The van der Waals surface area contributed by atoms with Crippen LogP contribution in [0.3, 0.4) is 0 Å². The van der Waals surface area contributed by atoms with Gasteiger partial charge in [0, 0.05) is 15.1 Å². The van der Waals surface area contributed by atoms with Crippen molar-refractivity contribution >= 4 is 56.2 Å². The number of carbonyl (C=O) groups excluding carboxylic acids is 2. The smallest absolute Gasteiger partial charge is 0.282 e. The van der Waals surface area contributed by atoms with E-state index in [-0.39, 0.29) is 11.1 Å². The van der Waals surface area contributed by atoms with E-state index in [9.17, 15) is 9.59 Å². The molecule has 0 unspecified atom stereocenters. The standard InChI is InChI=1S/C12H8BrNO2S2/c13-6-1-2-7-8(3-4-17-9(7)5-6)10-11(15)14-12(16)18-10/h1-2,5H,3-4H2,(H,14,15,16)/b10-8-. The highest BCUT2D eigenvalue weighted by molar-refractivity contribution is 9.10. The minimum absolute atomic E-state index is 0.263. The third-order valence-corrected chi connectivity index (χ3v) is 5.24. The minimum Gasteiger partial charge on any atom is -0.282 e. The lowest BCUT2D eigenvalue weighted by molar-refractivity contribution is -0.115. The van der Waals surface area contributed by atoms with Crippen molar-refractivity contribution in [1.82, 2.24) is 5.32 Å². The summed E-state index contributed by atoms with van der Waals surface area (Å²) in [6.07, 6.45) is 0.822. The first kappa shape index (κ1) is 12.3. The van der Waals surface area contributed by atoms with Gasteiger partial charge in [0.25, 0.3) is 11.1 Å². The van der Waals surface area contributed by atoms with Crippen LogP contribution in [0, 0.1) is 0 Å². The Balaban J connectivity index is 2.14. The third kappa shape index (κ3) is 2.13. The number of carbonyl (C=O) groups is 2. The highest BCUT2D eigenvalue weighted by Crippen LogP contribution is 2.43. The molecular formula is C12H8BrNO2S2. The third-order valence-electron chi connectivity index (χ3n) is 2.77. The molecule has 0 aromatic heterocycles. The Hall–Kier alpha value is -0.720. The fourth-order valence-corrected chi connectivity index (χ4v) is 4.41. The van der Waals surface area contributed by atoms with Crippen LogP contribution >= 0.6 is 39.5 Å². The molecule has 0 atom stereocenters. The van der Waals surface area contributed by atoms with Crippen molar-refractivity contribution in [2.24, 2.45) is 0 Å². The van der Waals surface area contributed by atoms with Crippen LogP contribution in [0.1, 0.15) is 12.0 Å². The van der Waals surface area contributed by atoms with Gasteiger partial charge < -0.3 is 0 Å². The SMILES string of the molecule is O=C1NC(=O)/C(=C2\CCSc3cc(Br)ccc32)S1. The molecule has 1 N–H and O–H groups in total. The molecule has 2 heterocycles. The first-order chi connectivity index (χ1) is 8.65. The number of rotatable bonds is 0. The molecule has 2 aliphatic rings. The molecule has 0 spiro atoms. The summed E-state index contributed by atoms with van der Waals surface area (Å²) in [6.45, 7) is 0. The number of imide groups is 1. The minimum atomic E-state index is -0.278. The zero-order valence-corrected chi connectivity index (χ0v) is 12.4. The van der Waals surface area contributed by atoms with Crippen molar-refractivity contribution < 1.29 is 9.59 Å². The highest BCUT2D eigenvalue weighted by atomic mass is 79.9. The number of fused-ring (bicyclic) bond motifs is 1. The van der Waals surface area contributed by atoms with Gasteiger partial charge >= 0.3 is 0 Å². The molecule has 0 aliphatic carbocycles. The molecule has 3 nitrogen and oxygen atoms in total. The quantitative estimate of drug-likeness (QED) is 0.732. The monoisotopic (exact) mass is 341 g/mol. The molecule has 1 fully saturated rings. The zero-order chi connectivity index (χ0) is 12.7. The summed E-state index contributed by atoms with van der Waals surface area (Å²) in [4.78, 5) is 24.7. The Morgan fingerprint density at radius 1 is 1.28 bits per heavy atom. The van der Waals surface area contributed by atoms with Crippen molar-refractivity contribution in [3.05, 3.63) is 33.1 Å². The second kappa shape index (κ2) is 4.75. The van der Waals surface area contributed by atoms with E-state index in [2.05, 4.69) is 27.3 Å². The van der Waals surface area contributed by atoms with Gasteiger partial charge in [-0.1, -0.05) is 22.0 Å². The molecule has 2 aliphatic heterocycles. The van der Waals surface area contributed by atoms with Crippen LogP contribution in [0.2, 0.25) is 0 Å². The van der Waals surface area contributed by atoms with Crippen molar-refractivity contribution in [2.75, 3.05) is 5.75 Å². The maximum Gasteiger partial charge on any atom is 0.290 e. The van der Waals surface area contributed by atoms with Crippen LogP contribution in [0.25, 0.3) is 5.57 Å². The maximum atomic E-state index is 11.7. The molecule has 1 aromatic carbocycles. The molecule has 1 aromatic rings. The van der Waals surface area contributed by atoms with Gasteiger partial charge in [0.15, 0.2) is 0 Å². The topological polar surface area (TPSA) is 46.2 Å². The lowest BCUT2D eigenvalue weighted by atomic mass is 10.0. The number of nitrogens with one attached hydrogen (secondary N) is 1. The van der Waals surface area contributed by atoms with Crippen LogP contribution < -0.4 is 5.32 Å². The van der Waals surface area contributed by atoms with Crippen LogP contribution in [0.15, 0.2) is 32.5 Å². The van der Waals surface area contributed by atoms with Gasteiger partial charge in [-0.05, 0) is 41.5 Å². The van der Waals surface area contributed by atoms with E-state index in [4.69, 9.17) is 0 Å². The van der Waals surface area contributed by atoms with Gasteiger partial charge in [-0.2, -0.15) is 0 Å². The molecule has 0 radical (unpaired) electrons. The number of halogens is 1. The molecule has 18 heavy (non-hydrogen) atoms. The van der Waals surface area contributed by atoms with E-state index in [1.54, 1.807) is 11.8 Å². The Labute approximate surface area is 121 Å². The van der Waals surface area contributed by atoms with E-state index >= 15 is 0 Å². The Bertz CT molecular complexity index is 598. The fourth-order valence-electron chi connectivity index (χ4n) is 2.01. The van der Waals surface area contributed by atoms with E-state index in [0.717, 1.165) is 44.4 Å². The average molecular weight is 342 g/mol. The number of hydrogen-bond donors (Lipinski definition) is 1. The van der Waals surface area contributed by atoms with E-state index in [1.807, 2.05) is 12.1 Å². The van der Waals surface area contributed by atoms with Gasteiger partial charge in [0.05, 0.1) is 4.91 Å². The fraction of sp³-hybridized carbons (Fsp3) is 0.167. The van der Waals surface area contributed by atoms with Crippen molar-refractivity contribution in [1.29, 1.82) is 0 Å². The predicted molar refractivity (Wildman–Crippen MR) is 77.5 cm³/mol.